The average molecular weight is 260 g/mol. The van der Waals surface area contributed by atoms with Crippen molar-refractivity contribution in [3.05, 3.63) is 42.5 Å². The molecule has 1 aromatic carbocycles. The second kappa shape index (κ2) is 5.67. The number of halogens is 3. The molecular formula is C11H11F3N2S. The first-order valence-electron chi connectivity index (χ1n) is 4.76. The van der Waals surface area contributed by atoms with Gasteiger partial charge < -0.3 is 10.6 Å². The molecule has 0 atom stereocenters. The molecule has 0 unspecified atom stereocenters. The lowest BCUT2D eigenvalue weighted by atomic mass is 10.2. The van der Waals surface area contributed by atoms with Crippen molar-refractivity contribution in [2.24, 2.45) is 0 Å². The van der Waals surface area contributed by atoms with Crippen molar-refractivity contribution in [2.75, 3.05) is 11.9 Å². The molecule has 0 aliphatic heterocycles. The summed E-state index contributed by atoms with van der Waals surface area (Å²) < 4.78 is 37.3. The van der Waals surface area contributed by atoms with Gasteiger partial charge in [0.05, 0.1) is 5.56 Å². The third-order valence-corrected chi connectivity index (χ3v) is 2.10. The lowest BCUT2D eigenvalue weighted by Crippen LogP contribution is -2.28. The third-order valence-electron chi connectivity index (χ3n) is 1.85. The summed E-state index contributed by atoms with van der Waals surface area (Å²) in [5.74, 6) is 0. The summed E-state index contributed by atoms with van der Waals surface area (Å²) in [5.41, 5.74) is -0.421. The fourth-order valence-corrected chi connectivity index (χ4v) is 1.31. The number of hydrogen-bond donors (Lipinski definition) is 2. The van der Waals surface area contributed by atoms with Crippen LogP contribution in [0.2, 0.25) is 0 Å². The molecule has 0 amide bonds. The highest BCUT2D eigenvalue weighted by atomic mass is 32.1. The van der Waals surface area contributed by atoms with Crippen molar-refractivity contribution in [2.45, 2.75) is 6.18 Å². The van der Waals surface area contributed by atoms with E-state index in [0.717, 1.165) is 12.1 Å². The Morgan fingerprint density at radius 2 is 2.12 bits per heavy atom. The van der Waals surface area contributed by atoms with Crippen LogP contribution in [0.1, 0.15) is 5.56 Å². The highest BCUT2D eigenvalue weighted by molar-refractivity contribution is 7.80. The summed E-state index contributed by atoms with van der Waals surface area (Å²) in [6.45, 7) is 3.94. The minimum Gasteiger partial charge on any atom is -0.359 e. The van der Waals surface area contributed by atoms with Crippen molar-refractivity contribution < 1.29 is 13.2 Å². The second-order valence-electron chi connectivity index (χ2n) is 3.20. The molecule has 2 nitrogen and oxygen atoms in total. The summed E-state index contributed by atoms with van der Waals surface area (Å²) in [7, 11) is 0. The van der Waals surface area contributed by atoms with E-state index in [4.69, 9.17) is 12.2 Å². The second-order valence-corrected chi connectivity index (χ2v) is 3.61. The summed E-state index contributed by atoms with van der Waals surface area (Å²) in [6.07, 6.45) is -2.76. The lowest BCUT2D eigenvalue weighted by molar-refractivity contribution is -0.137. The van der Waals surface area contributed by atoms with Crippen LogP contribution in [-0.4, -0.2) is 11.7 Å². The highest BCUT2D eigenvalue weighted by Crippen LogP contribution is 2.30. The summed E-state index contributed by atoms with van der Waals surface area (Å²) in [6, 6.07) is 4.84. The Morgan fingerprint density at radius 1 is 1.41 bits per heavy atom. The lowest BCUT2D eigenvalue weighted by Gasteiger charge is -2.11. The number of nitrogens with one attached hydrogen (secondary N) is 2. The van der Waals surface area contributed by atoms with Gasteiger partial charge in [-0.05, 0) is 30.4 Å². The first kappa shape index (κ1) is 13.5. The first-order valence-corrected chi connectivity index (χ1v) is 5.17. The first-order chi connectivity index (χ1) is 7.93. The molecule has 17 heavy (non-hydrogen) atoms. The summed E-state index contributed by atoms with van der Waals surface area (Å²) in [5, 5.41) is 5.68. The molecule has 0 saturated carbocycles. The highest BCUT2D eigenvalue weighted by Gasteiger charge is 2.30. The topological polar surface area (TPSA) is 24.1 Å². The minimum atomic E-state index is -4.35. The number of benzene rings is 1. The molecule has 0 aliphatic carbocycles. The van der Waals surface area contributed by atoms with Crippen LogP contribution < -0.4 is 10.6 Å². The largest absolute Gasteiger partial charge is 0.416 e. The fourth-order valence-electron chi connectivity index (χ4n) is 1.11. The van der Waals surface area contributed by atoms with Crippen molar-refractivity contribution in [3.63, 3.8) is 0 Å². The van der Waals surface area contributed by atoms with Crippen LogP contribution in [0.3, 0.4) is 0 Å². The zero-order chi connectivity index (χ0) is 12.9. The van der Waals surface area contributed by atoms with Gasteiger partial charge in [-0.2, -0.15) is 13.2 Å². The Kier molecular flexibility index (Phi) is 4.51. The predicted molar refractivity (Wildman–Crippen MR) is 65.9 cm³/mol. The van der Waals surface area contributed by atoms with Gasteiger partial charge in [-0.1, -0.05) is 12.1 Å². The molecule has 0 radical (unpaired) electrons. The third kappa shape index (κ3) is 4.44. The van der Waals surface area contributed by atoms with E-state index in [1.54, 1.807) is 6.08 Å². The summed E-state index contributed by atoms with van der Waals surface area (Å²) in [4.78, 5) is 0. The van der Waals surface area contributed by atoms with Crippen LogP contribution in [0.4, 0.5) is 18.9 Å². The maximum Gasteiger partial charge on any atom is 0.416 e. The van der Waals surface area contributed by atoms with Crippen LogP contribution in [-0.2, 0) is 6.18 Å². The van der Waals surface area contributed by atoms with Crippen LogP contribution in [0.25, 0.3) is 0 Å². The van der Waals surface area contributed by atoms with Crippen molar-refractivity contribution >= 4 is 23.0 Å². The SMILES string of the molecule is C=CCNC(=S)Nc1cccc(C(F)(F)F)c1. The molecule has 0 spiro atoms. The van der Waals surface area contributed by atoms with E-state index in [1.165, 1.54) is 12.1 Å². The van der Waals surface area contributed by atoms with E-state index in [9.17, 15) is 13.2 Å². The monoisotopic (exact) mass is 260 g/mol. The molecule has 6 heteroatoms. The zero-order valence-electron chi connectivity index (χ0n) is 8.84. The average Bonchev–Trinajstić information content (AvgIpc) is 2.25. The zero-order valence-corrected chi connectivity index (χ0v) is 9.66. The van der Waals surface area contributed by atoms with Crippen molar-refractivity contribution in [3.8, 4) is 0 Å². The van der Waals surface area contributed by atoms with E-state index < -0.39 is 11.7 Å². The molecule has 0 saturated heterocycles. The maximum atomic E-state index is 12.4. The van der Waals surface area contributed by atoms with E-state index in [2.05, 4.69) is 17.2 Å². The predicted octanol–water partition coefficient (Wildman–Crippen LogP) is 3.18. The van der Waals surface area contributed by atoms with Gasteiger partial charge in [-0.15, -0.1) is 6.58 Å². The van der Waals surface area contributed by atoms with Crippen LogP contribution in [0.15, 0.2) is 36.9 Å². The summed E-state index contributed by atoms with van der Waals surface area (Å²) >= 11 is 4.89. The molecule has 0 aromatic heterocycles. The Hall–Kier alpha value is -1.56. The number of thiocarbonyl (C=S) groups is 1. The quantitative estimate of drug-likeness (QED) is 0.644. The molecule has 0 heterocycles. The number of hydrogen-bond acceptors (Lipinski definition) is 1. The van der Waals surface area contributed by atoms with Gasteiger partial charge in [0, 0.05) is 12.2 Å². The van der Waals surface area contributed by atoms with Gasteiger partial charge in [0.2, 0.25) is 0 Å². The van der Waals surface area contributed by atoms with Crippen LogP contribution >= 0.6 is 12.2 Å². The molecule has 1 aromatic rings. The Morgan fingerprint density at radius 3 is 2.71 bits per heavy atom. The number of anilines is 1. The molecule has 0 fully saturated rings. The maximum absolute atomic E-state index is 12.4. The molecular weight excluding hydrogens is 249 g/mol. The van der Waals surface area contributed by atoms with Crippen LogP contribution in [0.5, 0.6) is 0 Å². The Bertz CT molecular complexity index is 415. The van der Waals surface area contributed by atoms with Gasteiger partial charge in [0.25, 0.3) is 0 Å². The van der Waals surface area contributed by atoms with E-state index >= 15 is 0 Å². The number of alkyl halides is 3. The normalized spacial score (nSPS) is 10.8. The molecule has 2 N–H and O–H groups in total. The van der Waals surface area contributed by atoms with Gasteiger partial charge >= 0.3 is 6.18 Å². The van der Waals surface area contributed by atoms with E-state index in [-0.39, 0.29) is 5.11 Å². The Labute approximate surface area is 103 Å². The Balaban J connectivity index is 2.72. The fraction of sp³-hybridized carbons (Fsp3) is 0.182. The molecule has 0 bridgehead atoms. The van der Waals surface area contributed by atoms with E-state index in [0.29, 0.717) is 12.2 Å². The molecule has 92 valence electrons. The minimum absolute atomic E-state index is 0.254. The van der Waals surface area contributed by atoms with Gasteiger partial charge in [0.1, 0.15) is 0 Å². The molecule has 1 rings (SSSR count). The van der Waals surface area contributed by atoms with Gasteiger partial charge in [-0.25, -0.2) is 0 Å². The number of rotatable bonds is 3. The van der Waals surface area contributed by atoms with Crippen LogP contribution in [0, 0.1) is 0 Å². The van der Waals surface area contributed by atoms with Gasteiger partial charge in [0.15, 0.2) is 5.11 Å². The van der Waals surface area contributed by atoms with E-state index in [1.807, 2.05) is 0 Å². The van der Waals surface area contributed by atoms with Crippen molar-refractivity contribution in [1.82, 2.24) is 5.32 Å². The molecule has 0 aliphatic rings. The van der Waals surface area contributed by atoms with Gasteiger partial charge in [-0.3, -0.25) is 0 Å². The smallest absolute Gasteiger partial charge is 0.359 e. The van der Waals surface area contributed by atoms with Crippen molar-refractivity contribution in [1.29, 1.82) is 0 Å². The standard InChI is InChI=1S/C11H11F3N2S/c1-2-6-15-10(17)16-9-5-3-4-8(7-9)11(12,13)14/h2-5,7H,1,6H2,(H2,15,16,17).